The zero-order chi connectivity index (χ0) is 13.1. The highest BCUT2D eigenvalue weighted by atomic mass is 32.1. The molecule has 2 aromatic heterocycles. The summed E-state index contributed by atoms with van der Waals surface area (Å²) in [7, 11) is 4.14. The van der Waals surface area contributed by atoms with Crippen molar-refractivity contribution in [3.05, 3.63) is 34.3 Å². The summed E-state index contributed by atoms with van der Waals surface area (Å²) in [5, 5.41) is 3.38. The third kappa shape index (κ3) is 3.17. The molecule has 0 N–H and O–H groups in total. The number of rotatable bonds is 5. The van der Waals surface area contributed by atoms with Crippen molar-refractivity contribution in [2.24, 2.45) is 7.05 Å². The third-order valence-corrected chi connectivity index (χ3v) is 4.04. The van der Waals surface area contributed by atoms with Crippen LogP contribution in [0.15, 0.2) is 17.9 Å². The molecule has 0 aliphatic heterocycles. The first-order chi connectivity index (χ1) is 8.56. The number of nitrogens with zero attached hydrogens (tertiary/aromatic N) is 4. The second kappa shape index (κ2) is 5.63. The quantitative estimate of drug-likeness (QED) is 0.832. The van der Waals surface area contributed by atoms with Gasteiger partial charge in [0, 0.05) is 37.6 Å². The van der Waals surface area contributed by atoms with Crippen molar-refractivity contribution in [1.29, 1.82) is 0 Å². The number of aromatic nitrogens is 3. The minimum Gasteiger partial charge on any atom is -0.337 e. The second-order valence-corrected chi connectivity index (χ2v) is 5.89. The average molecular weight is 264 g/mol. The van der Waals surface area contributed by atoms with Gasteiger partial charge in [-0.3, -0.25) is 4.90 Å². The first kappa shape index (κ1) is 13.2. The molecule has 0 aliphatic rings. The van der Waals surface area contributed by atoms with Gasteiger partial charge in [-0.2, -0.15) is 0 Å². The molecule has 0 aromatic carbocycles. The summed E-state index contributed by atoms with van der Waals surface area (Å²) in [5.41, 5.74) is 2.38. The molecule has 2 heterocycles. The monoisotopic (exact) mass is 264 g/mol. The van der Waals surface area contributed by atoms with Crippen LogP contribution in [-0.4, -0.2) is 26.5 Å². The van der Waals surface area contributed by atoms with Crippen LogP contribution in [0.4, 0.5) is 0 Å². The summed E-state index contributed by atoms with van der Waals surface area (Å²) in [6, 6.07) is 0. The lowest BCUT2D eigenvalue weighted by Crippen LogP contribution is -2.19. The van der Waals surface area contributed by atoms with Crippen molar-refractivity contribution in [2.75, 3.05) is 7.05 Å². The molecule has 98 valence electrons. The van der Waals surface area contributed by atoms with Gasteiger partial charge in [-0.05, 0) is 7.05 Å². The zero-order valence-corrected chi connectivity index (χ0v) is 12.2. The Morgan fingerprint density at radius 3 is 2.72 bits per heavy atom. The molecule has 0 saturated heterocycles. The zero-order valence-electron chi connectivity index (χ0n) is 11.4. The summed E-state index contributed by atoms with van der Waals surface area (Å²) in [4.78, 5) is 11.0. The van der Waals surface area contributed by atoms with Crippen molar-refractivity contribution in [2.45, 2.75) is 32.9 Å². The second-order valence-electron chi connectivity index (χ2n) is 5.00. The minimum absolute atomic E-state index is 0.520. The molecule has 0 aliphatic carbocycles. The summed E-state index contributed by atoms with van der Waals surface area (Å²) < 4.78 is 2.05. The van der Waals surface area contributed by atoms with Crippen molar-refractivity contribution < 1.29 is 0 Å². The number of imidazole rings is 1. The Labute approximate surface area is 112 Å². The van der Waals surface area contributed by atoms with Crippen LogP contribution >= 0.6 is 11.3 Å². The predicted molar refractivity (Wildman–Crippen MR) is 74.6 cm³/mol. The lowest BCUT2D eigenvalue weighted by molar-refractivity contribution is 0.308. The van der Waals surface area contributed by atoms with Gasteiger partial charge in [0.1, 0.15) is 0 Å². The van der Waals surface area contributed by atoms with Gasteiger partial charge in [0.05, 0.1) is 22.7 Å². The molecule has 0 atom stereocenters. The van der Waals surface area contributed by atoms with Crippen LogP contribution in [-0.2, 0) is 20.1 Å². The Hall–Kier alpha value is -1.20. The molecule has 2 rings (SSSR count). The van der Waals surface area contributed by atoms with E-state index in [2.05, 4.69) is 45.7 Å². The lowest BCUT2D eigenvalue weighted by Gasteiger charge is -2.15. The standard InChI is InChI=1S/C13H20N4S/c1-10(2)13-15-11(8-18-13)6-16(3)7-12-5-14-9-17(12)4/h5,8-10H,6-7H2,1-4H3. The average Bonchev–Trinajstić information content (AvgIpc) is 2.89. The van der Waals surface area contributed by atoms with Crippen molar-refractivity contribution >= 4 is 11.3 Å². The maximum absolute atomic E-state index is 4.66. The number of hydrogen-bond donors (Lipinski definition) is 0. The summed E-state index contributed by atoms with van der Waals surface area (Å²) in [6.07, 6.45) is 3.75. The highest BCUT2D eigenvalue weighted by Crippen LogP contribution is 2.20. The molecule has 5 heteroatoms. The molecule has 2 aromatic rings. The maximum Gasteiger partial charge on any atom is 0.0954 e. The highest BCUT2D eigenvalue weighted by molar-refractivity contribution is 7.09. The Bertz CT molecular complexity index is 501. The smallest absolute Gasteiger partial charge is 0.0954 e. The SMILES string of the molecule is CC(C)c1nc(CN(C)Cc2cncn2C)cs1. The van der Waals surface area contributed by atoms with Gasteiger partial charge in [-0.1, -0.05) is 13.8 Å². The molecule has 0 radical (unpaired) electrons. The largest absolute Gasteiger partial charge is 0.337 e. The van der Waals surface area contributed by atoms with E-state index in [0.717, 1.165) is 18.8 Å². The van der Waals surface area contributed by atoms with E-state index in [4.69, 9.17) is 0 Å². The van der Waals surface area contributed by atoms with Crippen LogP contribution in [0.5, 0.6) is 0 Å². The van der Waals surface area contributed by atoms with Gasteiger partial charge >= 0.3 is 0 Å². The van der Waals surface area contributed by atoms with Gasteiger partial charge in [0.15, 0.2) is 0 Å². The summed E-state index contributed by atoms with van der Waals surface area (Å²) >= 11 is 1.76. The van der Waals surface area contributed by atoms with E-state index in [1.54, 1.807) is 11.3 Å². The summed E-state index contributed by atoms with van der Waals surface area (Å²) in [5.74, 6) is 0.520. The normalized spacial score (nSPS) is 11.7. The Balaban J connectivity index is 1.94. The van der Waals surface area contributed by atoms with Gasteiger partial charge in [-0.15, -0.1) is 11.3 Å². The van der Waals surface area contributed by atoms with Gasteiger partial charge in [0.2, 0.25) is 0 Å². The van der Waals surface area contributed by atoms with Crippen LogP contribution in [0.2, 0.25) is 0 Å². The molecule has 0 saturated carbocycles. The van der Waals surface area contributed by atoms with Crippen LogP contribution in [0, 0.1) is 0 Å². The predicted octanol–water partition coefficient (Wildman–Crippen LogP) is 2.63. The summed E-state index contributed by atoms with van der Waals surface area (Å²) in [6.45, 7) is 6.14. The van der Waals surface area contributed by atoms with Crippen molar-refractivity contribution in [3.63, 3.8) is 0 Å². The Kier molecular flexibility index (Phi) is 4.14. The van der Waals surface area contributed by atoms with E-state index in [0.29, 0.717) is 5.92 Å². The fourth-order valence-electron chi connectivity index (χ4n) is 1.81. The Morgan fingerprint density at radius 1 is 1.39 bits per heavy atom. The maximum atomic E-state index is 4.66. The molecule has 4 nitrogen and oxygen atoms in total. The van der Waals surface area contributed by atoms with E-state index >= 15 is 0 Å². The topological polar surface area (TPSA) is 34.0 Å². The van der Waals surface area contributed by atoms with Gasteiger partial charge in [-0.25, -0.2) is 9.97 Å². The molecule has 0 fully saturated rings. The van der Waals surface area contributed by atoms with Crippen LogP contribution in [0.3, 0.4) is 0 Å². The molecule has 0 spiro atoms. The minimum atomic E-state index is 0.520. The first-order valence-electron chi connectivity index (χ1n) is 6.14. The van der Waals surface area contributed by atoms with E-state index in [-0.39, 0.29) is 0 Å². The van der Waals surface area contributed by atoms with Crippen molar-refractivity contribution in [3.8, 4) is 0 Å². The number of hydrogen-bond acceptors (Lipinski definition) is 4. The van der Waals surface area contributed by atoms with E-state index < -0.39 is 0 Å². The van der Waals surface area contributed by atoms with Crippen LogP contribution in [0.1, 0.15) is 36.2 Å². The molecule has 0 bridgehead atoms. The van der Waals surface area contributed by atoms with Gasteiger partial charge in [0.25, 0.3) is 0 Å². The van der Waals surface area contributed by atoms with Crippen LogP contribution in [0.25, 0.3) is 0 Å². The first-order valence-corrected chi connectivity index (χ1v) is 7.02. The van der Waals surface area contributed by atoms with E-state index in [1.165, 1.54) is 10.7 Å². The third-order valence-electron chi connectivity index (χ3n) is 2.84. The van der Waals surface area contributed by atoms with E-state index in [1.807, 2.05) is 19.6 Å². The Morgan fingerprint density at radius 2 is 2.17 bits per heavy atom. The number of thiazole rings is 1. The van der Waals surface area contributed by atoms with Crippen LogP contribution < -0.4 is 0 Å². The molecular formula is C13H20N4S. The fourth-order valence-corrected chi connectivity index (χ4v) is 2.63. The van der Waals surface area contributed by atoms with E-state index in [9.17, 15) is 0 Å². The number of aryl methyl sites for hydroxylation is 1. The molecule has 0 unspecified atom stereocenters. The lowest BCUT2D eigenvalue weighted by atomic mass is 10.2. The van der Waals surface area contributed by atoms with Gasteiger partial charge < -0.3 is 4.57 Å². The molecule has 18 heavy (non-hydrogen) atoms. The van der Waals surface area contributed by atoms with Crippen molar-refractivity contribution in [1.82, 2.24) is 19.4 Å². The molecular weight excluding hydrogens is 244 g/mol. The fraction of sp³-hybridized carbons (Fsp3) is 0.538. The molecule has 0 amide bonds. The highest BCUT2D eigenvalue weighted by Gasteiger charge is 2.09.